The van der Waals surface area contributed by atoms with Crippen LogP contribution in [0.3, 0.4) is 0 Å². The maximum atomic E-state index is 13.6. The van der Waals surface area contributed by atoms with E-state index < -0.39 is 35.4 Å². The fourth-order valence-electron chi connectivity index (χ4n) is 3.60. The number of methoxy groups -OCH3 is 1. The second-order valence-electron chi connectivity index (χ2n) is 6.88. The van der Waals surface area contributed by atoms with Crippen molar-refractivity contribution in [3.05, 3.63) is 47.5 Å². The number of primary amides is 1. The van der Waals surface area contributed by atoms with Crippen LogP contribution in [0, 0.1) is 11.6 Å². The zero-order valence-corrected chi connectivity index (χ0v) is 17.1. The Balaban J connectivity index is 1.81. The van der Waals surface area contributed by atoms with Gasteiger partial charge in [-0.05, 0) is 24.3 Å². The molecule has 0 aliphatic carbocycles. The Morgan fingerprint density at radius 3 is 2.68 bits per heavy atom. The summed E-state index contributed by atoms with van der Waals surface area (Å²) in [6.07, 6.45) is -1.27. The molecule has 0 saturated heterocycles. The molecule has 2 atom stereocenters. The zero-order valence-electron chi connectivity index (χ0n) is 16.3. The maximum Gasteiger partial charge on any atom is 0.335 e. The number of fused-ring (bicyclic) bond motifs is 2. The number of aromatic carboxylic acids is 1. The van der Waals surface area contributed by atoms with E-state index >= 15 is 0 Å². The lowest BCUT2D eigenvalue weighted by atomic mass is 10.1. The maximum absolute atomic E-state index is 13.6. The Morgan fingerprint density at radius 2 is 2.03 bits per heavy atom. The smallest absolute Gasteiger partial charge is 0.335 e. The summed E-state index contributed by atoms with van der Waals surface area (Å²) in [7, 11) is 2.94. The summed E-state index contributed by atoms with van der Waals surface area (Å²) in [5, 5.41) is 15.7. The molecular weight excluding hydrogens is 432 g/mol. The second-order valence-corrected chi connectivity index (χ2v) is 7.91. The predicted molar refractivity (Wildman–Crippen MR) is 111 cm³/mol. The Morgan fingerprint density at radius 1 is 1.32 bits per heavy atom. The molecule has 9 nitrogen and oxygen atoms in total. The molecule has 0 fully saturated rings. The number of carbonyl (C=O) groups is 2. The Labute approximate surface area is 178 Å². The van der Waals surface area contributed by atoms with Gasteiger partial charge in [-0.15, -0.1) is 0 Å². The molecular formula is C19H17F2N5O4S. The average Bonchev–Trinajstić information content (AvgIpc) is 3.20. The van der Waals surface area contributed by atoms with Crippen molar-refractivity contribution in [3.8, 4) is 0 Å². The van der Waals surface area contributed by atoms with E-state index in [0.29, 0.717) is 16.1 Å². The topological polar surface area (TPSA) is 130 Å². The molecule has 5 N–H and O–H groups in total. The van der Waals surface area contributed by atoms with Crippen LogP contribution in [0.2, 0.25) is 0 Å². The monoisotopic (exact) mass is 449 g/mol. The van der Waals surface area contributed by atoms with E-state index in [0.717, 1.165) is 23.5 Å². The van der Waals surface area contributed by atoms with Gasteiger partial charge in [0, 0.05) is 20.2 Å². The summed E-state index contributed by atoms with van der Waals surface area (Å²) in [6, 6.07) is 6.41. The number of amides is 1. The van der Waals surface area contributed by atoms with E-state index in [4.69, 9.17) is 10.5 Å². The van der Waals surface area contributed by atoms with Gasteiger partial charge in [0.25, 0.3) is 5.91 Å². The summed E-state index contributed by atoms with van der Waals surface area (Å²) in [6.45, 7) is 0. The largest absolute Gasteiger partial charge is 0.478 e. The first kappa shape index (κ1) is 20.8. The standard InChI is InChI=1S/C19H17F2N5O4S/c1-26-13-4-3-8(17(28)29)5-11(13)24-19(26,15(30-2)16(22)27)25-18-23-12-6-9(20)10(21)7-14(12)31-18/h3-7,15,24H,1-2H3,(H2,22,27)(H,23,25)(H,28,29). The quantitative estimate of drug-likeness (QED) is 0.451. The average molecular weight is 449 g/mol. The molecule has 31 heavy (non-hydrogen) atoms. The minimum atomic E-state index is -1.50. The minimum absolute atomic E-state index is 0.0365. The number of carbonyl (C=O) groups excluding carboxylic acids is 1. The number of anilines is 3. The highest BCUT2D eigenvalue weighted by molar-refractivity contribution is 7.22. The Bertz CT molecular complexity index is 1180. The van der Waals surface area contributed by atoms with E-state index in [1.54, 1.807) is 18.0 Å². The fourth-order valence-corrected chi connectivity index (χ4v) is 4.53. The number of nitrogens with two attached hydrogens (primary N) is 1. The van der Waals surface area contributed by atoms with E-state index in [-0.39, 0.29) is 16.2 Å². The molecule has 12 heteroatoms. The third kappa shape index (κ3) is 3.29. The third-order valence-corrected chi connectivity index (χ3v) is 5.99. The van der Waals surface area contributed by atoms with Gasteiger partial charge in [0.1, 0.15) is 0 Å². The summed E-state index contributed by atoms with van der Waals surface area (Å²) >= 11 is 1.04. The molecule has 2 heterocycles. The summed E-state index contributed by atoms with van der Waals surface area (Å²) < 4.78 is 32.9. The van der Waals surface area contributed by atoms with Crippen molar-refractivity contribution in [2.45, 2.75) is 11.9 Å². The van der Waals surface area contributed by atoms with Gasteiger partial charge >= 0.3 is 5.97 Å². The molecule has 2 unspecified atom stereocenters. The molecule has 1 aromatic heterocycles. The van der Waals surface area contributed by atoms with Gasteiger partial charge in [-0.3, -0.25) is 4.79 Å². The van der Waals surface area contributed by atoms with Crippen molar-refractivity contribution < 1.29 is 28.2 Å². The number of rotatable bonds is 6. The molecule has 0 saturated carbocycles. The number of carboxylic acids is 1. The van der Waals surface area contributed by atoms with E-state index in [9.17, 15) is 23.5 Å². The van der Waals surface area contributed by atoms with Crippen LogP contribution in [-0.2, 0) is 9.53 Å². The number of halogens is 2. The number of likely N-dealkylation sites (N-methyl/N-ethyl adjacent to an activating group) is 1. The number of benzene rings is 2. The van der Waals surface area contributed by atoms with Crippen LogP contribution < -0.4 is 21.3 Å². The van der Waals surface area contributed by atoms with Crippen LogP contribution in [0.5, 0.6) is 0 Å². The lowest BCUT2D eigenvalue weighted by Gasteiger charge is -2.41. The molecule has 1 aliphatic heterocycles. The number of ether oxygens (including phenoxy) is 1. The van der Waals surface area contributed by atoms with Crippen molar-refractivity contribution in [1.29, 1.82) is 0 Å². The summed E-state index contributed by atoms with van der Waals surface area (Å²) in [4.78, 5) is 29.5. The number of carboxylic acid groups (broad SMARTS) is 1. The summed E-state index contributed by atoms with van der Waals surface area (Å²) in [5.41, 5.74) is 6.82. The number of hydrogen-bond donors (Lipinski definition) is 4. The lowest BCUT2D eigenvalue weighted by molar-refractivity contribution is -0.130. The number of thiazole rings is 1. The molecule has 1 aliphatic rings. The molecule has 3 aromatic rings. The SMILES string of the molecule is COC(C(N)=O)C1(Nc2nc3cc(F)c(F)cc3s2)Nc2cc(C(=O)O)ccc2N1C. The highest BCUT2D eigenvalue weighted by Crippen LogP contribution is 2.43. The van der Waals surface area contributed by atoms with Gasteiger partial charge in [0.2, 0.25) is 5.79 Å². The molecule has 162 valence electrons. The normalized spacial score (nSPS) is 18.5. The van der Waals surface area contributed by atoms with Gasteiger partial charge in [-0.1, -0.05) is 11.3 Å². The van der Waals surface area contributed by atoms with Gasteiger partial charge < -0.3 is 31.1 Å². The highest BCUT2D eigenvalue weighted by Gasteiger charge is 2.52. The van der Waals surface area contributed by atoms with E-state index in [1.807, 2.05) is 0 Å². The molecule has 2 aromatic carbocycles. The van der Waals surface area contributed by atoms with Crippen LogP contribution in [-0.4, -0.2) is 48.0 Å². The fraction of sp³-hybridized carbons (Fsp3) is 0.211. The van der Waals surface area contributed by atoms with Gasteiger partial charge in [-0.2, -0.15) is 0 Å². The van der Waals surface area contributed by atoms with Crippen LogP contribution in [0.1, 0.15) is 10.4 Å². The van der Waals surface area contributed by atoms with Crippen LogP contribution in [0.4, 0.5) is 25.3 Å². The first-order chi connectivity index (χ1) is 14.7. The van der Waals surface area contributed by atoms with E-state index in [1.165, 1.54) is 19.2 Å². The number of aromatic nitrogens is 1. The number of hydrogen-bond acceptors (Lipinski definition) is 8. The van der Waals surface area contributed by atoms with Crippen molar-refractivity contribution in [1.82, 2.24) is 4.98 Å². The van der Waals surface area contributed by atoms with Crippen molar-refractivity contribution >= 4 is 49.9 Å². The van der Waals surface area contributed by atoms with Crippen LogP contribution >= 0.6 is 11.3 Å². The van der Waals surface area contributed by atoms with Crippen LogP contribution in [0.25, 0.3) is 10.2 Å². The second kappa shape index (κ2) is 7.32. The highest BCUT2D eigenvalue weighted by atomic mass is 32.1. The first-order valence-corrected chi connectivity index (χ1v) is 9.73. The lowest BCUT2D eigenvalue weighted by Crippen LogP contribution is -2.67. The number of nitrogens with zero attached hydrogens (tertiary/aromatic N) is 2. The van der Waals surface area contributed by atoms with Crippen molar-refractivity contribution in [3.63, 3.8) is 0 Å². The van der Waals surface area contributed by atoms with Gasteiger partial charge in [0.05, 0.1) is 27.2 Å². The Hall–Kier alpha value is -3.51. The minimum Gasteiger partial charge on any atom is -0.478 e. The Kier molecular flexibility index (Phi) is 4.90. The molecule has 0 radical (unpaired) electrons. The van der Waals surface area contributed by atoms with Gasteiger partial charge in [-0.25, -0.2) is 18.6 Å². The predicted octanol–water partition coefficient (Wildman–Crippen LogP) is 2.40. The molecule has 1 amide bonds. The van der Waals surface area contributed by atoms with Crippen molar-refractivity contribution in [2.24, 2.45) is 5.73 Å². The molecule has 0 bridgehead atoms. The zero-order chi connectivity index (χ0) is 22.5. The van der Waals surface area contributed by atoms with E-state index in [2.05, 4.69) is 15.6 Å². The number of nitrogens with one attached hydrogen (secondary N) is 2. The third-order valence-electron chi connectivity index (χ3n) is 5.06. The van der Waals surface area contributed by atoms with Crippen molar-refractivity contribution in [2.75, 3.05) is 29.7 Å². The van der Waals surface area contributed by atoms with Gasteiger partial charge in [0.15, 0.2) is 22.9 Å². The van der Waals surface area contributed by atoms with Crippen LogP contribution in [0.15, 0.2) is 30.3 Å². The molecule has 0 spiro atoms. The first-order valence-electron chi connectivity index (χ1n) is 8.91. The molecule has 4 rings (SSSR count). The summed E-state index contributed by atoms with van der Waals surface area (Å²) in [5.74, 6) is -5.46.